The van der Waals surface area contributed by atoms with Crippen molar-refractivity contribution in [3.05, 3.63) is 0 Å². The Morgan fingerprint density at radius 3 is 2.71 bits per heavy atom. The molecule has 6 nitrogen and oxygen atoms in total. The molecule has 1 aliphatic heterocycles. The topological polar surface area (TPSA) is 81.7 Å². The zero-order valence-corrected chi connectivity index (χ0v) is 10.4. The first-order valence-electron chi connectivity index (χ1n) is 5.95. The lowest BCUT2D eigenvalue weighted by atomic mass is 10.2. The van der Waals surface area contributed by atoms with Crippen molar-refractivity contribution >= 4 is 11.9 Å². The number of nitrogens with one attached hydrogen (secondary N) is 2. The highest BCUT2D eigenvalue weighted by Gasteiger charge is 2.22. The highest BCUT2D eigenvalue weighted by molar-refractivity contribution is 5.95. The van der Waals surface area contributed by atoms with Gasteiger partial charge < -0.3 is 10.4 Å². The maximum absolute atomic E-state index is 11.5. The molecular weight excluding hydrogens is 222 g/mol. The molecule has 3 N–H and O–H groups in total. The quantitative estimate of drug-likeness (QED) is 0.624. The molecule has 0 aromatic carbocycles. The molecule has 6 heteroatoms. The van der Waals surface area contributed by atoms with Gasteiger partial charge in [-0.3, -0.25) is 15.0 Å². The van der Waals surface area contributed by atoms with Crippen LogP contribution >= 0.6 is 0 Å². The molecule has 0 bridgehead atoms. The molecule has 98 valence electrons. The van der Waals surface area contributed by atoms with Crippen LogP contribution in [-0.4, -0.2) is 54.2 Å². The Balaban J connectivity index is 2.18. The molecule has 0 spiro atoms. The van der Waals surface area contributed by atoms with Crippen molar-refractivity contribution in [2.24, 2.45) is 5.92 Å². The van der Waals surface area contributed by atoms with Gasteiger partial charge in [-0.15, -0.1) is 0 Å². The second kappa shape index (κ2) is 6.56. The fourth-order valence-electron chi connectivity index (χ4n) is 1.67. The monoisotopic (exact) mass is 243 g/mol. The number of urea groups is 1. The lowest BCUT2D eigenvalue weighted by Gasteiger charge is -2.14. The van der Waals surface area contributed by atoms with Gasteiger partial charge in [0, 0.05) is 19.6 Å². The first-order chi connectivity index (χ1) is 7.97. The normalized spacial score (nSPS) is 20.6. The summed E-state index contributed by atoms with van der Waals surface area (Å²) in [6, 6.07) is -0.455. The Labute approximate surface area is 101 Å². The lowest BCUT2D eigenvalue weighted by molar-refractivity contribution is -0.121. The second-order valence-electron chi connectivity index (χ2n) is 4.83. The third-order valence-corrected chi connectivity index (χ3v) is 2.54. The Morgan fingerprint density at radius 1 is 1.47 bits per heavy atom. The lowest BCUT2D eigenvalue weighted by Crippen LogP contribution is -2.45. The minimum Gasteiger partial charge on any atom is -0.392 e. The fraction of sp³-hybridized carbons (Fsp3) is 0.818. The Kier molecular flexibility index (Phi) is 5.37. The van der Waals surface area contributed by atoms with Crippen molar-refractivity contribution in [2.45, 2.75) is 26.4 Å². The zero-order chi connectivity index (χ0) is 12.8. The zero-order valence-electron chi connectivity index (χ0n) is 10.4. The molecule has 0 saturated carbocycles. The number of nitrogens with zero attached hydrogens (tertiary/aromatic N) is 1. The number of hydrogen-bond acceptors (Lipinski definition) is 4. The van der Waals surface area contributed by atoms with E-state index in [0.29, 0.717) is 32.0 Å². The highest BCUT2D eigenvalue weighted by atomic mass is 16.3. The van der Waals surface area contributed by atoms with Crippen molar-refractivity contribution in [3.63, 3.8) is 0 Å². The van der Waals surface area contributed by atoms with Crippen LogP contribution in [0, 0.1) is 5.92 Å². The molecule has 0 aliphatic carbocycles. The third-order valence-electron chi connectivity index (χ3n) is 2.54. The highest BCUT2D eigenvalue weighted by Crippen LogP contribution is 2.07. The van der Waals surface area contributed by atoms with Crippen LogP contribution in [0.5, 0.6) is 0 Å². The number of amides is 3. The molecule has 0 aromatic heterocycles. The van der Waals surface area contributed by atoms with Gasteiger partial charge in [0.25, 0.3) is 0 Å². The number of aliphatic hydroxyl groups excluding tert-OH is 1. The van der Waals surface area contributed by atoms with E-state index in [2.05, 4.69) is 10.6 Å². The predicted molar refractivity (Wildman–Crippen MR) is 63.4 cm³/mol. The molecule has 1 fully saturated rings. The average molecular weight is 243 g/mol. The summed E-state index contributed by atoms with van der Waals surface area (Å²) in [5.41, 5.74) is 0. The van der Waals surface area contributed by atoms with Crippen LogP contribution in [0.15, 0.2) is 0 Å². The maximum atomic E-state index is 11.5. The first-order valence-corrected chi connectivity index (χ1v) is 5.95. The van der Waals surface area contributed by atoms with Gasteiger partial charge in [-0.05, 0) is 12.3 Å². The van der Waals surface area contributed by atoms with Crippen molar-refractivity contribution in [1.29, 1.82) is 0 Å². The molecule has 1 aliphatic rings. The summed E-state index contributed by atoms with van der Waals surface area (Å²) < 4.78 is 0. The summed E-state index contributed by atoms with van der Waals surface area (Å²) in [6.07, 6.45) is 0.338. The number of carbonyl (C=O) groups excluding carboxylic acids is 2. The summed E-state index contributed by atoms with van der Waals surface area (Å²) in [7, 11) is 0. The SMILES string of the molecule is CC(C)CNC(=O)NC(=O)CN1CC[C@@H](O)C1. The number of likely N-dealkylation sites (tertiary alicyclic amines) is 1. The van der Waals surface area contributed by atoms with Gasteiger partial charge in [-0.25, -0.2) is 4.79 Å². The largest absolute Gasteiger partial charge is 0.392 e. The van der Waals surface area contributed by atoms with E-state index in [1.54, 1.807) is 0 Å². The molecule has 1 heterocycles. The minimum absolute atomic E-state index is 0.159. The number of aliphatic hydroxyl groups is 1. The average Bonchev–Trinajstić information content (AvgIpc) is 2.60. The van der Waals surface area contributed by atoms with Crippen molar-refractivity contribution in [3.8, 4) is 0 Å². The van der Waals surface area contributed by atoms with E-state index in [1.807, 2.05) is 18.7 Å². The molecule has 3 amide bonds. The standard InChI is InChI=1S/C11H21N3O3/c1-8(2)5-12-11(17)13-10(16)7-14-4-3-9(15)6-14/h8-9,15H,3-7H2,1-2H3,(H2,12,13,16,17)/t9-/m1/s1. The van der Waals surface area contributed by atoms with Crippen molar-refractivity contribution in [1.82, 2.24) is 15.5 Å². The number of rotatable bonds is 4. The van der Waals surface area contributed by atoms with Crippen LogP contribution in [0.3, 0.4) is 0 Å². The molecule has 17 heavy (non-hydrogen) atoms. The van der Waals surface area contributed by atoms with Gasteiger partial charge in [0.15, 0.2) is 0 Å². The van der Waals surface area contributed by atoms with Gasteiger partial charge in [0.2, 0.25) is 5.91 Å². The Bertz CT molecular complexity index is 281. The van der Waals surface area contributed by atoms with Gasteiger partial charge in [-0.1, -0.05) is 13.8 Å². The minimum atomic E-state index is -0.455. The number of β-amino-alcohol motifs (C(OH)–C–C–N with tert-alkyl or cyclic N) is 1. The molecule has 1 saturated heterocycles. The van der Waals surface area contributed by atoms with Crippen molar-refractivity contribution in [2.75, 3.05) is 26.2 Å². The van der Waals surface area contributed by atoms with Crippen molar-refractivity contribution < 1.29 is 14.7 Å². The first kappa shape index (κ1) is 13.9. The summed E-state index contributed by atoms with van der Waals surface area (Å²) >= 11 is 0. The van der Waals surface area contributed by atoms with Crippen LogP contribution in [-0.2, 0) is 4.79 Å². The van der Waals surface area contributed by atoms with Gasteiger partial charge in [0.05, 0.1) is 12.6 Å². The van der Waals surface area contributed by atoms with E-state index in [1.165, 1.54) is 0 Å². The molecular formula is C11H21N3O3. The van der Waals surface area contributed by atoms with Gasteiger partial charge >= 0.3 is 6.03 Å². The van der Waals surface area contributed by atoms with Gasteiger partial charge in [0.1, 0.15) is 0 Å². The summed E-state index contributed by atoms with van der Waals surface area (Å²) in [5.74, 6) is 0.0185. The number of hydrogen-bond donors (Lipinski definition) is 3. The van der Waals surface area contributed by atoms with E-state index in [4.69, 9.17) is 0 Å². The van der Waals surface area contributed by atoms with Crippen LogP contribution in [0.25, 0.3) is 0 Å². The third kappa shape index (κ3) is 5.65. The van der Waals surface area contributed by atoms with E-state index in [-0.39, 0.29) is 18.6 Å². The molecule has 1 rings (SSSR count). The Hall–Kier alpha value is -1.14. The summed E-state index contributed by atoms with van der Waals surface area (Å²) in [5, 5.41) is 14.2. The smallest absolute Gasteiger partial charge is 0.321 e. The number of carbonyl (C=O) groups is 2. The van der Waals surface area contributed by atoms with Crippen LogP contribution in [0.1, 0.15) is 20.3 Å². The van der Waals surface area contributed by atoms with Crippen LogP contribution in [0.4, 0.5) is 4.79 Å². The molecule has 0 radical (unpaired) electrons. The summed E-state index contributed by atoms with van der Waals surface area (Å²) in [6.45, 7) is 5.86. The van der Waals surface area contributed by atoms with Crippen LogP contribution < -0.4 is 10.6 Å². The van der Waals surface area contributed by atoms with Gasteiger partial charge in [-0.2, -0.15) is 0 Å². The fourth-order valence-corrected chi connectivity index (χ4v) is 1.67. The Morgan fingerprint density at radius 2 is 2.18 bits per heavy atom. The molecule has 0 unspecified atom stereocenters. The summed E-state index contributed by atoms with van der Waals surface area (Å²) in [4.78, 5) is 24.6. The van der Waals surface area contributed by atoms with Crippen LogP contribution in [0.2, 0.25) is 0 Å². The molecule has 0 aromatic rings. The van der Waals surface area contributed by atoms with E-state index in [9.17, 15) is 14.7 Å². The second-order valence-corrected chi connectivity index (χ2v) is 4.83. The van der Waals surface area contributed by atoms with E-state index >= 15 is 0 Å². The van der Waals surface area contributed by atoms with E-state index in [0.717, 1.165) is 0 Å². The van der Waals surface area contributed by atoms with E-state index < -0.39 is 6.03 Å². The molecule has 1 atom stereocenters. The predicted octanol–water partition coefficient (Wildman–Crippen LogP) is -0.465. The number of imide groups is 1. The maximum Gasteiger partial charge on any atom is 0.321 e.